The van der Waals surface area contributed by atoms with Crippen molar-refractivity contribution in [1.29, 1.82) is 0 Å². The monoisotopic (exact) mass is 973 g/mol. The van der Waals surface area contributed by atoms with Gasteiger partial charge in [-0.25, -0.2) is 0 Å². The van der Waals surface area contributed by atoms with Crippen LogP contribution in [0, 0.1) is 100 Å². The number of aliphatic hydroxyl groups excluding tert-OH is 4. The van der Waals surface area contributed by atoms with E-state index in [0.717, 1.165) is 103 Å². The molecule has 10 aliphatic rings. The topological polar surface area (TPSA) is 134 Å². The largest absolute Gasteiger partial charge is 0.469 e. The first-order valence-electron chi connectivity index (χ1n) is 28.5. The molecule has 0 radical (unpaired) electrons. The SMILES string of the molecule is COC(=O)[C@]12CCC(C)(C)CC1C1=CCC3[C@@]4(C)C[C@@H](O)[C@@H](O)C(C)(C)C4CC[C@@]3(C)[C@]1(C)CC2.COC(=O)[C@]12CCC(C)(C)CC1C1=CCC3[C@@]4(C)C[C@@H](O)[C@H](O)C(C)(C)C4CC[C@@]3(C)[C@]1(C)CC2. The number of carbonyl (C=O) groups excluding carboxylic acids is 2. The lowest BCUT2D eigenvalue weighted by molar-refractivity contribution is -0.232. The normalized spacial score (nSPS) is 52.2. The van der Waals surface area contributed by atoms with Crippen molar-refractivity contribution in [2.75, 3.05) is 14.2 Å². The lowest BCUT2D eigenvalue weighted by Crippen LogP contribution is -2.67. The van der Waals surface area contributed by atoms with Crippen molar-refractivity contribution in [1.82, 2.24) is 0 Å². The zero-order valence-corrected chi connectivity index (χ0v) is 47.1. The van der Waals surface area contributed by atoms with Crippen LogP contribution in [0.1, 0.15) is 213 Å². The minimum atomic E-state index is -0.663. The number of hydrogen-bond donors (Lipinski definition) is 4. The van der Waals surface area contributed by atoms with Crippen LogP contribution < -0.4 is 0 Å². The van der Waals surface area contributed by atoms with Gasteiger partial charge < -0.3 is 29.9 Å². The Hall–Kier alpha value is -1.74. The van der Waals surface area contributed by atoms with Crippen molar-refractivity contribution in [3.63, 3.8) is 0 Å². The highest BCUT2D eigenvalue weighted by molar-refractivity contribution is 5.79. The summed E-state index contributed by atoms with van der Waals surface area (Å²) < 4.78 is 11.0. The van der Waals surface area contributed by atoms with E-state index in [4.69, 9.17) is 9.47 Å². The summed E-state index contributed by atoms with van der Waals surface area (Å²) in [7, 11) is 3.14. The van der Waals surface area contributed by atoms with Gasteiger partial charge in [0.05, 0.1) is 49.5 Å². The first kappa shape index (κ1) is 53.1. The van der Waals surface area contributed by atoms with E-state index in [1.807, 2.05) is 0 Å². The molecule has 6 unspecified atom stereocenters. The van der Waals surface area contributed by atoms with E-state index < -0.39 is 24.4 Å². The fourth-order valence-electron chi connectivity index (χ4n) is 21.9. The Morgan fingerprint density at radius 3 is 1.11 bits per heavy atom. The lowest BCUT2D eigenvalue weighted by Gasteiger charge is -2.71. The van der Waals surface area contributed by atoms with Crippen molar-refractivity contribution in [2.45, 2.75) is 237 Å². The molecule has 0 amide bonds. The van der Waals surface area contributed by atoms with E-state index in [1.165, 1.54) is 0 Å². The van der Waals surface area contributed by atoms with Crippen molar-refractivity contribution in [3.8, 4) is 0 Å². The molecule has 18 atom stereocenters. The maximum atomic E-state index is 13.4. The average Bonchev–Trinajstić information content (AvgIpc) is 3.27. The zero-order chi connectivity index (χ0) is 51.6. The Labute approximate surface area is 424 Å². The summed E-state index contributed by atoms with van der Waals surface area (Å²) in [6.45, 7) is 33.1. The van der Waals surface area contributed by atoms with Crippen LogP contribution in [0.4, 0.5) is 0 Å². The molecule has 0 aromatic rings. The predicted molar refractivity (Wildman–Crippen MR) is 277 cm³/mol. The Morgan fingerprint density at radius 2 is 0.786 bits per heavy atom. The minimum absolute atomic E-state index is 0.00929. The molecule has 8 saturated carbocycles. The van der Waals surface area contributed by atoms with Gasteiger partial charge in [0, 0.05) is 0 Å². The second-order valence-corrected chi connectivity index (χ2v) is 30.8. The first-order chi connectivity index (χ1) is 32.2. The number of hydrogen-bond acceptors (Lipinski definition) is 8. The lowest BCUT2D eigenvalue weighted by atomic mass is 9.33. The molecule has 70 heavy (non-hydrogen) atoms. The second-order valence-electron chi connectivity index (χ2n) is 30.8. The zero-order valence-electron chi connectivity index (χ0n) is 47.1. The quantitative estimate of drug-likeness (QED) is 0.159. The number of carbonyl (C=O) groups is 2. The molecule has 4 N–H and O–H groups in total. The van der Waals surface area contributed by atoms with Crippen LogP contribution in [-0.4, -0.2) is 71.0 Å². The molecule has 0 aromatic heterocycles. The average molecular weight is 973 g/mol. The molecule has 0 spiro atoms. The van der Waals surface area contributed by atoms with Gasteiger partial charge in [-0.2, -0.15) is 0 Å². The fraction of sp³-hybridized carbons (Fsp3) is 0.903. The van der Waals surface area contributed by atoms with Crippen LogP contribution >= 0.6 is 0 Å². The smallest absolute Gasteiger partial charge is 0.312 e. The number of ether oxygens (including phenoxy) is 2. The van der Waals surface area contributed by atoms with Crippen LogP contribution in [0.25, 0.3) is 0 Å². The second kappa shape index (κ2) is 16.4. The summed E-state index contributed by atoms with van der Waals surface area (Å²) in [4.78, 5) is 26.7. The Morgan fingerprint density at radius 1 is 0.457 bits per heavy atom. The van der Waals surface area contributed by atoms with E-state index >= 15 is 0 Å². The van der Waals surface area contributed by atoms with E-state index in [1.54, 1.807) is 25.4 Å². The molecule has 0 heterocycles. The number of fused-ring (bicyclic) bond motifs is 14. The molecule has 0 bridgehead atoms. The van der Waals surface area contributed by atoms with Crippen molar-refractivity contribution >= 4 is 11.9 Å². The molecule has 396 valence electrons. The number of methoxy groups -OCH3 is 2. The third kappa shape index (κ3) is 6.90. The van der Waals surface area contributed by atoms with Crippen molar-refractivity contribution in [3.05, 3.63) is 23.3 Å². The summed E-state index contributed by atoms with van der Waals surface area (Å²) >= 11 is 0. The van der Waals surface area contributed by atoms with Gasteiger partial charge in [0.25, 0.3) is 0 Å². The van der Waals surface area contributed by atoms with Gasteiger partial charge in [0.15, 0.2) is 0 Å². The Bertz CT molecular complexity index is 2020. The fourth-order valence-corrected chi connectivity index (χ4v) is 21.9. The van der Waals surface area contributed by atoms with Crippen LogP contribution in [0.3, 0.4) is 0 Å². The molecular formula is C62H100O8. The predicted octanol–water partition coefficient (Wildman–Crippen LogP) is 12.6. The highest BCUT2D eigenvalue weighted by atomic mass is 16.5. The van der Waals surface area contributed by atoms with Gasteiger partial charge in [-0.05, 0) is 205 Å². The van der Waals surface area contributed by atoms with Gasteiger partial charge in [0.2, 0.25) is 0 Å². The molecule has 10 aliphatic carbocycles. The summed E-state index contributed by atoms with van der Waals surface area (Å²) in [5.74, 6) is 2.27. The summed E-state index contributed by atoms with van der Waals surface area (Å²) in [6, 6.07) is 0. The number of allylic oxidation sites excluding steroid dienone is 4. The number of esters is 2. The van der Waals surface area contributed by atoms with Gasteiger partial charge in [0.1, 0.15) is 0 Å². The first-order valence-corrected chi connectivity index (χ1v) is 28.5. The van der Waals surface area contributed by atoms with Crippen LogP contribution in [0.2, 0.25) is 0 Å². The molecule has 0 aromatic carbocycles. The van der Waals surface area contributed by atoms with Crippen molar-refractivity contribution in [2.24, 2.45) is 100 Å². The highest BCUT2D eigenvalue weighted by Gasteiger charge is 2.72. The molecule has 8 heteroatoms. The van der Waals surface area contributed by atoms with Gasteiger partial charge in [-0.15, -0.1) is 0 Å². The summed E-state index contributed by atoms with van der Waals surface area (Å²) in [5, 5.41) is 43.9. The molecule has 10 rings (SSSR count). The van der Waals surface area contributed by atoms with Crippen LogP contribution in [-0.2, 0) is 19.1 Å². The van der Waals surface area contributed by atoms with Gasteiger partial charge >= 0.3 is 11.9 Å². The number of rotatable bonds is 2. The molecule has 0 aliphatic heterocycles. The minimum Gasteiger partial charge on any atom is -0.469 e. The van der Waals surface area contributed by atoms with E-state index in [2.05, 4.69) is 109 Å². The maximum Gasteiger partial charge on any atom is 0.312 e. The summed E-state index contributed by atoms with van der Waals surface area (Å²) in [6.07, 6.45) is 20.4. The van der Waals surface area contributed by atoms with E-state index in [0.29, 0.717) is 36.5 Å². The summed E-state index contributed by atoms with van der Waals surface area (Å²) in [5.41, 5.74) is 2.52. The van der Waals surface area contributed by atoms with Gasteiger partial charge in [-0.3, -0.25) is 9.59 Å². The third-order valence-electron chi connectivity index (χ3n) is 26.3. The number of aliphatic hydroxyl groups is 4. The molecular weight excluding hydrogens is 873 g/mol. The third-order valence-corrected chi connectivity index (χ3v) is 26.3. The Balaban J connectivity index is 0.000000174. The Kier molecular flexibility index (Phi) is 12.4. The molecule has 0 saturated heterocycles. The van der Waals surface area contributed by atoms with Crippen LogP contribution in [0.5, 0.6) is 0 Å². The van der Waals surface area contributed by atoms with Gasteiger partial charge in [-0.1, -0.05) is 120 Å². The van der Waals surface area contributed by atoms with E-state index in [-0.39, 0.29) is 88.8 Å². The molecule has 8 fully saturated rings. The standard InChI is InChI=1S/2C31H50O4/c2*1-26(2)13-15-31(25(34)35-8)16-14-29(6)19(20(31)17-26)9-10-23-28(5)18-21(32)24(33)27(3,4)22(28)11-12-30(23,29)7/h2*9,20-24,32-33H,10-18H2,1-8H3/t20?,21-,22?,23?,24+,28+,29-,30-,31+;20?,21-,22?,23?,24-,28+,29-,30-,31+/m11/s1. The van der Waals surface area contributed by atoms with Crippen LogP contribution in [0.15, 0.2) is 23.3 Å². The molecule has 8 nitrogen and oxygen atoms in total. The maximum absolute atomic E-state index is 13.4. The van der Waals surface area contributed by atoms with E-state index in [9.17, 15) is 30.0 Å². The van der Waals surface area contributed by atoms with Crippen molar-refractivity contribution < 1.29 is 39.5 Å². The highest BCUT2D eigenvalue weighted by Crippen LogP contribution is 2.78.